The predicted molar refractivity (Wildman–Crippen MR) is 74.6 cm³/mol. The average molecular weight is 276 g/mol. The van der Waals surface area contributed by atoms with Crippen molar-refractivity contribution < 1.29 is 20.5 Å². The van der Waals surface area contributed by atoms with E-state index in [2.05, 4.69) is 15.3 Å². The quantitative estimate of drug-likeness (QED) is 0.383. The molecule has 0 fully saturated rings. The van der Waals surface area contributed by atoms with Gasteiger partial charge in [-0.2, -0.15) is 0 Å². The van der Waals surface area contributed by atoms with Crippen LogP contribution in [0.4, 0.5) is 0 Å². The van der Waals surface area contributed by atoms with E-state index in [1.165, 1.54) is 0 Å². The van der Waals surface area contributed by atoms with E-state index < -0.39 is 0 Å². The van der Waals surface area contributed by atoms with Crippen LogP contribution in [0.2, 0.25) is 0 Å². The summed E-state index contributed by atoms with van der Waals surface area (Å²) < 4.78 is 0. The number of β-amino-alcohol motifs (C(OH)–C–C–N with tert-alkyl or cyclic N) is 1. The van der Waals surface area contributed by atoms with E-state index in [4.69, 9.17) is 0 Å². The van der Waals surface area contributed by atoms with Crippen molar-refractivity contribution in [2.45, 2.75) is 12.2 Å². The van der Waals surface area contributed by atoms with Gasteiger partial charge in [0.1, 0.15) is 31.8 Å². The van der Waals surface area contributed by atoms with Gasteiger partial charge in [-0.25, -0.2) is 4.99 Å². The maximum absolute atomic E-state index is 9.43. The van der Waals surface area contributed by atoms with Crippen molar-refractivity contribution in [3.05, 3.63) is 35.4 Å². The minimum absolute atomic E-state index is 0.337. The largest absolute Gasteiger partial charge is 0.385 e. The van der Waals surface area contributed by atoms with Crippen LogP contribution in [-0.4, -0.2) is 60.3 Å². The lowest BCUT2D eigenvalue weighted by Crippen LogP contribution is -2.91. The Bertz CT molecular complexity index is 490. The molecule has 0 bridgehead atoms. The van der Waals surface area contributed by atoms with Crippen molar-refractivity contribution in [2.24, 2.45) is 4.99 Å². The van der Waals surface area contributed by atoms with Gasteiger partial charge in [-0.1, -0.05) is 0 Å². The Kier molecular flexibility index (Phi) is 3.77. The number of aliphatic hydroxyl groups excluding tert-OH is 2. The molecule has 0 radical (unpaired) electrons. The van der Waals surface area contributed by atoms with Crippen LogP contribution < -0.4 is 15.6 Å². The highest BCUT2D eigenvalue weighted by atomic mass is 16.3. The zero-order valence-electron chi connectivity index (χ0n) is 11.2. The van der Waals surface area contributed by atoms with E-state index in [-0.39, 0.29) is 12.2 Å². The molecule has 0 saturated carbocycles. The van der Waals surface area contributed by atoms with E-state index in [0.717, 1.165) is 22.8 Å². The molecule has 2 heterocycles. The molecule has 0 saturated heterocycles. The lowest BCUT2D eigenvalue weighted by molar-refractivity contribution is -0.551. The second-order valence-electron chi connectivity index (χ2n) is 5.19. The Labute approximate surface area is 117 Å². The van der Waals surface area contributed by atoms with E-state index in [0.29, 0.717) is 26.2 Å². The number of aliphatic imine (C=N–C) groups is 1. The van der Waals surface area contributed by atoms with Crippen molar-refractivity contribution in [2.75, 3.05) is 26.2 Å². The van der Waals surface area contributed by atoms with Crippen LogP contribution in [0.1, 0.15) is 11.1 Å². The molecule has 20 heavy (non-hydrogen) atoms. The molecule has 0 aliphatic carbocycles. The number of quaternary nitrogens is 1. The Balaban J connectivity index is 1.75. The van der Waals surface area contributed by atoms with Gasteiger partial charge in [0.05, 0.1) is 17.7 Å². The Morgan fingerprint density at radius 2 is 1.90 bits per heavy atom. The molecule has 2 aliphatic rings. The maximum Gasteiger partial charge on any atom is 0.275 e. The number of nitrogens with one attached hydrogen (secondary N) is 2. The number of benzene rings is 1. The van der Waals surface area contributed by atoms with E-state index in [9.17, 15) is 10.2 Å². The molecule has 1 aromatic rings. The Morgan fingerprint density at radius 3 is 2.50 bits per heavy atom. The fourth-order valence-corrected chi connectivity index (χ4v) is 2.39. The molecule has 2 atom stereocenters. The van der Waals surface area contributed by atoms with Gasteiger partial charge in [-0.05, 0) is 24.3 Å². The van der Waals surface area contributed by atoms with Crippen molar-refractivity contribution in [3.8, 4) is 0 Å². The molecule has 0 spiro atoms. The fourth-order valence-electron chi connectivity index (χ4n) is 2.39. The molecule has 0 aromatic heterocycles. The van der Waals surface area contributed by atoms with E-state index in [1.807, 2.05) is 29.6 Å². The Morgan fingerprint density at radius 1 is 1.15 bits per heavy atom. The van der Waals surface area contributed by atoms with Gasteiger partial charge in [0.25, 0.3) is 5.84 Å². The summed E-state index contributed by atoms with van der Waals surface area (Å²) in [6.07, 6.45) is -0.675. The van der Waals surface area contributed by atoms with Crippen molar-refractivity contribution in [1.29, 1.82) is 0 Å². The van der Waals surface area contributed by atoms with Crippen molar-refractivity contribution >= 4 is 11.7 Å². The molecule has 106 valence electrons. The minimum Gasteiger partial charge on any atom is -0.385 e. The number of aliphatic hydroxyl groups is 2. The molecular weight excluding hydrogens is 256 g/mol. The van der Waals surface area contributed by atoms with E-state index in [1.54, 1.807) is 0 Å². The van der Waals surface area contributed by atoms with Crippen LogP contribution in [0.5, 0.6) is 0 Å². The van der Waals surface area contributed by atoms with Crippen LogP contribution in [-0.2, 0) is 0 Å². The number of rotatable bonds is 2. The van der Waals surface area contributed by atoms with E-state index >= 15 is 0 Å². The number of nitrogens with two attached hydrogens (primary N) is 1. The third-order valence-corrected chi connectivity index (χ3v) is 3.55. The first-order chi connectivity index (χ1) is 9.72. The summed E-state index contributed by atoms with van der Waals surface area (Å²) in [5.74, 6) is 1.90. The van der Waals surface area contributed by atoms with Crippen LogP contribution in [0.25, 0.3) is 0 Å². The first-order valence-corrected chi connectivity index (χ1v) is 6.91. The van der Waals surface area contributed by atoms with Gasteiger partial charge in [0.15, 0.2) is 0 Å². The number of hydrogen-bond acceptors (Lipinski definition) is 4. The summed E-state index contributed by atoms with van der Waals surface area (Å²) >= 11 is 0. The minimum atomic E-state index is -0.337. The zero-order valence-corrected chi connectivity index (χ0v) is 11.2. The monoisotopic (exact) mass is 276 g/mol. The summed E-state index contributed by atoms with van der Waals surface area (Å²) in [6, 6.07) is 8.13. The van der Waals surface area contributed by atoms with Crippen molar-refractivity contribution in [3.63, 3.8) is 0 Å². The lowest BCUT2D eigenvalue weighted by Gasteiger charge is -2.15. The zero-order chi connectivity index (χ0) is 13.9. The number of nitrogens with zero attached hydrogens (tertiary/aromatic N) is 1. The SMILES string of the molecule is OC1CNC(c2ccc(C3=NCC(O)C[NH2+]3)cc2)=[NH+]C1. The first-order valence-electron chi connectivity index (χ1n) is 6.91. The van der Waals surface area contributed by atoms with Gasteiger partial charge in [-0.15, -0.1) is 0 Å². The molecule has 1 aromatic carbocycles. The number of amidine groups is 2. The molecule has 2 aliphatic heterocycles. The topological polar surface area (TPSA) is 95.4 Å². The highest BCUT2D eigenvalue weighted by molar-refractivity contribution is 5.97. The molecule has 2 unspecified atom stereocenters. The maximum atomic E-state index is 9.43. The fraction of sp³-hybridized carbons (Fsp3) is 0.429. The van der Waals surface area contributed by atoms with Gasteiger partial charge in [-0.3, -0.25) is 15.6 Å². The average Bonchev–Trinajstić information content (AvgIpc) is 2.49. The second kappa shape index (κ2) is 5.70. The summed E-state index contributed by atoms with van der Waals surface area (Å²) in [5, 5.41) is 24.0. The molecule has 3 rings (SSSR count). The van der Waals surface area contributed by atoms with Gasteiger partial charge in [0, 0.05) is 0 Å². The molecule has 6 heteroatoms. The second-order valence-corrected chi connectivity index (χ2v) is 5.19. The first kappa shape index (κ1) is 13.2. The third-order valence-electron chi connectivity index (χ3n) is 3.55. The summed E-state index contributed by atoms with van der Waals surface area (Å²) in [6.45, 7) is 2.29. The van der Waals surface area contributed by atoms with Crippen molar-refractivity contribution in [1.82, 2.24) is 5.32 Å². The van der Waals surface area contributed by atoms with Crippen LogP contribution in [0, 0.1) is 0 Å². The summed E-state index contributed by atoms with van der Waals surface area (Å²) in [4.78, 5) is 7.55. The van der Waals surface area contributed by atoms with Crippen LogP contribution >= 0.6 is 0 Å². The predicted octanol–water partition coefficient (Wildman–Crippen LogP) is -3.84. The van der Waals surface area contributed by atoms with Gasteiger partial charge < -0.3 is 10.2 Å². The molecule has 6 N–H and O–H groups in total. The highest BCUT2D eigenvalue weighted by Gasteiger charge is 2.21. The lowest BCUT2D eigenvalue weighted by atomic mass is 10.1. The Hall–Kier alpha value is -1.76. The molecular formula is C14H20N4O2+2. The smallest absolute Gasteiger partial charge is 0.275 e. The van der Waals surface area contributed by atoms with Crippen LogP contribution in [0.15, 0.2) is 29.3 Å². The normalized spacial score (nSPS) is 26.5. The third kappa shape index (κ3) is 2.87. The van der Waals surface area contributed by atoms with Gasteiger partial charge >= 0.3 is 0 Å². The van der Waals surface area contributed by atoms with Crippen LogP contribution in [0.3, 0.4) is 0 Å². The molecule has 6 nitrogen and oxygen atoms in total. The highest BCUT2D eigenvalue weighted by Crippen LogP contribution is 2.05. The number of hydrogen-bond donors (Lipinski definition) is 5. The summed E-state index contributed by atoms with van der Waals surface area (Å²) in [5.41, 5.74) is 2.13. The standard InChI is InChI=1S/C14H18N4O2/c19-11-5-15-13(16-6-11)9-1-2-10(4-3-9)14-17-7-12(20)8-18-14/h1-4,11-12,19-20H,5-8H2,(H,15,16)(H,17,18)/p+2. The summed E-state index contributed by atoms with van der Waals surface area (Å²) in [7, 11) is 0. The van der Waals surface area contributed by atoms with Gasteiger partial charge in [0.2, 0.25) is 5.84 Å². The molecule has 0 amide bonds.